The number of hydrogen-bond donors (Lipinski definition) is 0. The minimum absolute atomic E-state index is 0.372. The SMILES string of the molecule is C/C=C\c1ccc2c(N(/C=C/C=C\c3c(C)oc4c(C(C)C)cccc34)/C(C)=C/C(C)=C\CC)ccc3cc/c(=C\N(C(/C=C(C)\C=C\C)=C/C)c4cccc5c(/C=C\C=C\C(C)C)c(C)oc45)c1c32.CC.CC. The number of para-hydroxylation sites is 2. The van der Waals surface area contributed by atoms with E-state index in [0.29, 0.717) is 11.8 Å². The molecule has 0 spiro atoms. The molecule has 0 aliphatic carbocycles. The van der Waals surface area contributed by atoms with E-state index in [1.165, 1.54) is 32.7 Å². The molecule has 0 amide bonds. The lowest BCUT2D eigenvalue weighted by Crippen LogP contribution is -2.20. The number of furan rings is 2. The molecule has 74 heavy (non-hydrogen) atoms. The zero-order chi connectivity index (χ0) is 54.1. The van der Waals surface area contributed by atoms with Crippen molar-refractivity contribution < 1.29 is 8.83 Å². The number of nitrogens with zero attached hydrogens (tertiary/aromatic N) is 2. The summed E-state index contributed by atoms with van der Waals surface area (Å²) in [5, 5.41) is 8.06. The first-order chi connectivity index (χ1) is 35.8. The van der Waals surface area contributed by atoms with Gasteiger partial charge in [-0.3, -0.25) is 0 Å². The normalized spacial score (nSPS) is 13.6. The van der Waals surface area contributed by atoms with E-state index in [2.05, 4.69) is 276 Å². The van der Waals surface area contributed by atoms with Crippen molar-refractivity contribution in [3.63, 3.8) is 0 Å². The van der Waals surface area contributed by atoms with Gasteiger partial charge in [0.25, 0.3) is 0 Å². The highest BCUT2D eigenvalue weighted by Gasteiger charge is 2.20. The molecule has 0 saturated carbocycles. The van der Waals surface area contributed by atoms with Gasteiger partial charge in [0.15, 0.2) is 5.58 Å². The highest BCUT2D eigenvalue weighted by molar-refractivity contribution is 6.17. The van der Waals surface area contributed by atoms with Crippen LogP contribution in [0.1, 0.15) is 150 Å². The fourth-order valence-corrected chi connectivity index (χ4v) is 9.55. The molecule has 0 bridgehead atoms. The van der Waals surface area contributed by atoms with Crippen LogP contribution in [0.4, 0.5) is 11.4 Å². The molecule has 386 valence electrons. The van der Waals surface area contributed by atoms with Crippen molar-refractivity contribution in [2.24, 2.45) is 5.92 Å². The number of benzene rings is 5. The van der Waals surface area contributed by atoms with Gasteiger partial charge >= 0.3 is 0 Å². The van der Waals surface area contributed by atoms with Gasteiger partial charge in [-0.15, -0.1) is 0 Å². The van der Waals surface area contributed by atoms with E-state index in [1.807, 2.05) is 27.7 Å². The molecule has 4 nitrogen and oxygen atoms in total. The molecule has 2 aromatic heterocycles. The molecule has 0 unspecified atom stereocenters. The summed E-state index contributed by atoms with van der Waals surface area (Å²) < 4.78 is 13.1. The lowest BCUT2D eigenvalue weighted by molar-refractivity contribution is 0.571. The minimum Gasteiger partial charge on any atom is -0.460 e. The summed E-state index contributed by atoms with van der Waals surface area (Å²) in [5.41, 5.74) is 13.0. The van der Waals surface area contributed by atoms with Crippen molar-refractivity contribution in [3.8, 4) is 0 Å². The van der Waals surface area contributed by atoms with Gasteiger partial charge in [0, 0.05) is 51.1 Å². The summed E-state index contributed by atoms with van der Waals surface area (Å²) in [5.74, 6) is 2.65. The van der Waals surface area contributed by atoms with Gasteiger partial charge in [-0.1, -0.05) is 201 Å². The largest absolute Gasteiger partial charge is 0.460 e. The molecule has 4 heteroatoms. The molecule has 0 saturated heterocycles. The number of anilines is 2. The van der Waals surface area contributed by atoms with Gasteiger partial charge in [-0.2, -0.15) is 0 Å². The molecular weight excluding hydrogens is 901 g/mol. The van der Waals surface area contributed by atoms with Crippen molar-refractivity contribution in [2.75, 3.05) is 9.80 Å². The fourth-order valence-electron chi connectivity index (χ4n) is 9.55. The van der Waals surface area contributed by atoms with Crippen LogP contribution in [-0.2, 0) is 0 Å². The highest BCUT2D eigenvalue weighted by Crippen LogP contribution is 2.39. The summed E-state index contributed by atoms with van der Waals surface area (Å²) in [4.78, 5) is 4.64. The second-order valence-electron chi connectivity index (χ2n) is 18.9. The molecule has 0 aliphatic heterocycles. The van der Waals surface area contributed by atoms with Crippen LogP contribution >= 0.6 is 0 Å². The Bertz CT molecular complexity index is 3390. The van der Waals surface area contributed by atoms with Crippen molar-refractivity contribution in [3.05, 3.63) is 213 Å². The van der Waals surface area contributed by atoms with Gasteiger partial charge in [-0.25, -0.2) is 0 Å². The average Bonchev–Trinajstić information content (AvgIpc) is 3.90. The third-order valence-electron chi connectivity index (χ3n) is 12.8. The van der Waals surface area contributed by atoms with Gasteiger partial charge in [-0.05, 0) is 142 Å². The zero-order valence-corrected chi connectivity index (χ0v) is 47.8. The Kier molecular flexibility index (Phi) is 21.5. The second kappa shape index (κ2) is 27.7. The molecular formula is C70H84N2O2. The second-order valence-corrected chi connectivity index (χ2v) is 18.9. The first-order valence-electron chi connectivity index (χ1n) is 27.1. The van der Waals surface area contributed by atoms with Crippen molar-refractivity contribution in [1.82, 2.24) is 0 Å². The Balaban J connectivity index is 0.00000247. The van der Waals surface area contributed by atoms with E-state index in [1.54, 1.807) is 0 Å². The van der Waals surface area contributed by atoms with Crippen LogP contribution in [0.25, 0.3) is 67.9 Å². The average molecular weight is 985 g/mol. The molecule has 5 aromatic carbocycles. The maximum atomic E-state index is 6.74. The van der Waals surface area contributed by atoms with Crippen molar-refractivity contribution in [1.29, 1.82) is 0 Å². The lowest BCUT2D eigenvalue weighted by Gasteiger charge is -2.25. The Morgan fingerprint density at radius 1 is 0.608 bits per heavy atom. The van der Waals surface area contributed by atoms with Crippen LogP contribution in [-0.4, -0.2) is 0 Å². The van der Waals surface area contributed by atoms with E-state index < -0.39 is 0 Å². The topological polar surface area (TPSA) is 32.8 Å². The molecule has 0 fully saturated rings. The van der Waals surface area contributed by atoms with E-state index in [0.717, 1.165) is 90.1 Å². The Morgan fingerprint density at radius 2 is 1.26 bits per heavy atom. The maximum absolute atomic E-state index is 6.74. The standard InChI is InChI=1S/C66H72N2O2.2C2H6/c1-14-24-46(9)41-48(11)67(40-21-20-29-56-49(12)69-65-55(45(7)8)30-22-31-58(56)65)61-39-37-52-34-35-53(63-51(26-16-3)36-38-60(61)64(52)63)43-68(54(17-4)42-47(10)25-15-2)62-33-23-32-59-57(50(13)70-66(59)62)28-19-18-27-44(5)6;2*1-2/h15-45H,14H2,1-13H3;2*1-2H3/b25-15+,26-16-,27-18+,28-19-,29-20-,40-21+,46-24-,47-42-,48-41+,53-43+,54-17+;;. The summed E-state index contributed by atoms with van der Waals surface area (Å²) in [6, 6.07) is 26.6. The Hall–Kier alpha value is -7.30. The molecule has 2 heterocycles. The summed E-state index contributed by atoms with van der Waals surface area (Å²) in [6.07, 6.45) is 38.1. The predicted molar refractivity (Wildman–Crippen MR) is 331 cm³/mol. The summed E-state index contributed by atoms with van der Waals surface area (Å²) in [7, 11) is 0. The molecule has 0 aliphatic rings. The maximum Gasteiger partial charge on any atom is 0.158 e. The third-order valence-corrected chi connectivity index (χ3v) is 12.8. The molecule has 0 atom stereocenters. The fraction of sp³-hybridized carbons (Fsp3) is 0.286. The highest BCUT2D eigenvalue weighted by atomic mass is 16.3. The molecule has 0 N–H and O–H groups in total. The Morgan fingerprint density at radius 3 is 1.89 bits per heavy atom. The van der Waals surface area contributed by atoms with Gasteiger partial charge < -0.3 is 18.6 Å². The van der Waals surface area contributed by atoms with Crippen LogP contribution in [0, 0.1) is 19.8 Å². The number of fused-ring (bicyclic) bond motifs is 2. The Labute approximate surface area is 445 Å². The van der Waals surface area contributed by atoms with Gasteiger partial charge in [0.05, 0.1) is 11.4 Å². The number of rotatable bonds is 17. The van der Waals surface area contributed by atoms with Gasteiger partial charge in [0.1, 0.15) is 17.1 Å². The number of hydrogen-bond acceptors (Lipinski definition) is 4. The van der Waals surface area contributed by atoms with Crippen LogP contribution < -0.4 is 15.0 Å². The minimum atomic E-state index is 0.372. The van der Waals surface area contributed by atoms with Gasteiger partial charge in [0.2, 0.25) is 0 Å². The first kappa shape index (κ1) is 57.6. The molecule has 7 aromatic rings. The van der Waals surface area contributed by atoms with Crippen molar-refractivity contribution >= 4 is 79.3 Å². The van der Waals surface area contributed by atoms with E-state index >= 15 is 0 Å². The third kappa shape index (κ3) is 13.3. The summed E-state index contributed by atoms with van der Waals surface area (Å²) in [6.45, 7) is 35.9. The molecule has 0 radical (unpaired) electrons. The van der Waals surface area contributed by atoms with Crippen LogP contribution in [0.15, 0.2) is 183 Å². The van der Waals surface area contributed by atoms with Crippen LogP contribution in [0.2, 0.25) is 0 Å². The number of aryl methyl sites for hydroxylation is 2. The smallest absolute Gasteiger partial charge is 0.158 e. The number of allylic oxidation sites excluding steroid dienone is 15. The monoisotopic (exact) mass is 985 g/mol. The predicted octanol–water partition coefficient (Wildman–Crippen LogP) is 21.2. The van der Waals surface area contributed by atoms with E-state index in [9.17, 15) is 0 Å². The van der Waals surface area contributed by atoms with Crippen LogP contribution in [0.5, 0.6) is 0 Å². The van der Waals surface area contributed by atoms with E-state index in [-0.39, 0.29) is 0 Å². The van der Waals surface area contributed by atoms with E-state index in [4.69, 9.17) is 8.83 Å². The molecule has 7 rings (SSSR count). The quantitative estimate of drug-likeness (QED) is 0.0851. The zero-order valence-electron chi connectivity index (χ0n) is 47.8. The van der Waals surface area contributed by atoms with Crippen LogP contribution in [0.3, 0.4) is 0 Å². The lowest BCUT2D eigenvalue weighted by atomic mass is 9.93. The summed E-state index contributed by atoms with van der Waals surface area (Å²) >= 11 is 0. The van der Waals surface area contributed by atoms with Crippen molar-refractivity contribution in [2.45, 2.75) is 130 Å². The first-order valence-corrected chi connectivity index (χ1v) is 27.1.